The summed E-state index contributed by atoms with van der Waals surface area (Å²) in [5.74, 6) is 0.980. The van der Waals surface area contributed by atoms with E-state index in [1.165, 1.54) is 15.3 Å². The number of benzene rings is 1. The lowest BCUT2D eigenvalue weighted by molar-refractivity contribution is 0.313. The highest BCUT2D eigenvalue weighted by molar-refractivity contribution is 9.10. The molecule has 1 heterocycles. The summed E-state index contributed by atoms with van der Waals surface area (Å²) in [6.07, 6.45) is 2.14. The van der Waals surface area contributed by atoms with E-state index < -0.39 is 0 Å². The van der Waals surface area contributed by atoms with Crippen LogP contribution in [0.4, 0.5) is 0 Å². The number of ether oxygens (including phenoxy) is 1. The van der Waals surface area contributed by atoms with Gasteiger partial charge in [-0.15, -0.1) is 11.3 Å². The largest absolute Gasteiger partial charge is 0.493 e. The van der Waals surface area contributed by atoms with Gasteiger partial charge < -0.3 is 10.1 Å². The van der Waals surface area contributed by atoms with Gasteiger partial charge in [-0.3, -0.25) is 0 Å². The second-order valence-electron chi connectivity index (χ2n) is 4.93. The fourth-order valence-electron chi connectivity index (χ4n) is 2.07. The van der Waals surface area contributed by atoms with Crippen molar-refractivity contribution in [3.8, 4) is 5.75 Å². The molecule has 0 unspecified atom stereocenters. The van der Waals surface area contributed by atoms with E-state index in [1.54, 1.807) is 0 Å². The predicted molar refractivity (Wildman–Crippen MR) is 94.2 cm³/mol. The molecule has 0 saturated carbocycles. The van der Waals surface area contributed by atoms with Crippen LogP contribution < -0.4 is 10.1 Å². The van der Waals surface area contributed by atoms with Crippen molar-refractivity contribution in [3.63, 3.8) is 0 Å². The number of aryl methyl sites for hydroxylation is 1. The molecule has 4 heteroatoms. The van der Waals surface area contributed by atoms with Gasteiger partial charge in [0.25, 0.3) is 0 Å². The monoisotopic (exact) mass is 367 g/mol. The molecule has 0 fully saturated rings. The third-order valence-corrected chi connectivity index (χ3v) is 4.89. The minimum atomic E-state index is 0.763. The highest BCUT2D eigenvalue weighted by Gasteiger charge is 2.05. The van der Waals surface area contributed by atoms with E-state index in [0.717, 1.165) is 42.8 Å². The molecule has 0 amide bonds. The average Bonchev–Trinajstić information content (AvgIpc) is 2.94. The third kappa shape index (κ3) is 5.13. The molecule has 2 rings (SSSR count). The number of hydrogen-bond acceptors (Lipinski definition) is 3. The van der Waals surface area contributed by atoms with Gasteiger partial charge in [-0.1, -0.05) is 29.8 Å². The molecule has 1 aromatic heterocycles. The summed E-state index contributed by atoms with van der Waals surface area (Å²) in [6.45, 7) is 6.81. The summed E-state index contributed by atoms with van der Waals surface area (Å²) in [7, 11) is 0. The molecule has 0 radical (unpaired) electrons. The number of thiophene rings is 1. The van der Waals surface area contributed by atoms with Crippen LogP contribution in [0.15, 0.2) is 34.8 Å². The van der Waals surface area contributed by atoms with Crippen LogP contribution in [-0.2, 0) is 19.5 Å². The molecule has 0 atom stereocenters. The fourth-order valence-corrected chi connectivity index (χ4v) is 3.40. The van der Waals surface area contributed by atoms with Gasteiger partial charge in [0.2, 0.25) is 0 Å². The topological polar surface area (TPSA) is 21.3 Å². The van der Waals surface area contributed by atoms with Crippen LogP contribution in [0.1, 0.15) is 35.6 Å². The summed E-state index contributed by atoms with van der Waals surface area (Å²) in [5, 5.41) is 3.51. The first-order valence-electron chi connectivity index (χ1n) is 7.42. The Hall–Kier alpha value is -0.840. The van der Waals surface area contributed by atoms with Gasteiger partial charge in [0.05, 0.1) is 6.61 Å². The Morgan fingerprint density at radius 2 is 1.90 bits per heavy atom. The molecule has 1 aromatic carbocycles. The maximum Gasteiger partial charge on any atom is 0.123 e. The van der Waals surface area contributed by atoms with Crippen molar-refractivity contribution >= 4 is 27.3 Å². The smallest absolute Gasteiger partial charge is 0.123 e. The third-order valence-electron chi connectivity index (χ3n) is 3.16. The van der Waals surface area contributed by atoms with Crippen molar-refractivity contribution in [2.45, 2.75) is 39.8 Å². The van der Waals surface area contributed by atoms with E-state index in [-0.39, 0.29) is 0 Å². The lowest BCUT2D eigenvalue weighted by atomic mass is 10.2. The minimum Gasteiger partial charge on any atom is -0.493 e. The van der Waals surface area contributed by atoms with Gasteiger partial charge in [-0.2, -0.15) is 0 Å². The Labute approximate surface area is 139 Å². The first-order valence-corrected chi connectivity index (χ1v) is 9.03. The zero-order valence-corrected chi connectivity index (χ0v) is 15.0. The molecule has 0 aliphatic rings. The predicted octanol–water partition coefficient (Wildman–Crippen LogP) is 5.15. The number of halogens is 1. The molecule has 114 valence electrons. The van der Waals surface area contributed by atoms with E-state index in [0.29, 0.717) is 0 Å². The Bertz CT molecular complexity index is 568. The van der Waals surface area contributed by atoms with Crippen molar-refractivity contribution in [3.05, 3.63) is 50.1 Å². The van der Waals surface area contributed by atoms with Crippen molar-refractivity contribution < 1.29 is 4.74 Å². The average molecular weight is 368 g/mol. The van der Waals surface area contributed by atoms with Crippen molar-refractivity contribution in [2.75, 3.05) is 6.61 Å². The molecule has 0 saturated heterocycles. The summed E-state index contributed by atoms with van der Waals surface area (Å²) in [6, 6.07) is 10.6. The second-order valence-corrected chi connectivity index (χ2v) is 7.09. The second kappa shape index (κ2) is 8.57. The Balaban J connectivity index is 1.93. The molecule has 0 aliphatic carbocycles. The van der Waals surface area contributed by atoms with E-state index in [9.17, 15) is 0 Å². The number of nitrogens with one attached hydrogen (secondary N) is 1. The molecule has 2 nitrogen and oxygen atoms in total. The standard InChI is InChI=1S/C17H22BrNOS/c1-3-9-20-17-8-5-14(18)10-13(17)11-19-12-16-7-6-15(4-2)21-16/h5-8,10,19H,3-4,9,11-12H2,1-2H3. The zero-order chi connectivity index (χ0) is 15.1. The maximum atomic E-state index is 5.81. The number of hydrogen-bond donors (Lipinski definition) is 1. The maximum absolute atomic E-state index is 5.81. The summed E-state index contributed by atoms with van der Waals surface area (Å²) < 4.78 is 6.90. The highest BCUT2D eigenvalue weighted by atomic mass is 79.9. The Morgan fingerprint density at radius 3 is 2.62 bits per heavy atom. The molecule has 0 aliphatic heterocycles. The van der Waals surface area contributed by atoms with E-state index in [2.05, 4.69) is 53.3 Å². The van der Waals surface area contributed by atoms with Crippen LogP contribution >= 0.6 is 27.3 Å². The highest BCUT2D eigenvalue weighted by Crippen LogP contribution is 2.24. The van der Waals surface area contributed by atoms with E-state index >= 15 is 0 Å². The molecule has 1 N–H and O–H groups in total. The minimum absolute atomic E-state index is 0.763. The first kappa shape index (κ1) is 16.5. The van der Waals surface area contributed by atoms with Gasteiger partial charge >= 0.3 is 0 Å². The molecular formula is C17H22BrNOS. The molecule has 21 heavy (non-hydrogen) atoms. The van der Waals surface area contributed by atoms with Gasteiger partial charge in [-0.25, -0.2) is 0 Å². The van der Waals surface area contributed by atoms with Crippen LogP contribution in [0.2, 0.25) is 0 Å². The summed E-state index contributed by atoms with van der Waals surface area (Å²) in [5.41, 5.74) is 1.20. The van der Waals surface area contributed by atoms with Crippen molar-refractivity contribution in [1.29, 1.82) is 0 Å². The van der Waals surface area contributed by atoms with Gasteiger partial charge in [0.1, 0.15) is 5.75 Å². The Morgan fingerprint density at radius 1 is 1.10 bits per heavy atom. The zero-order valence-electron chi connectivity index (χ0n) is 12.6. The first-order chi connectivity index (χ1) is 10.2. The normalized spacial score (nSPS) is 10.8. The fraction of sp³-hybridized carbons (Fsp3) is 0.412. The van der Waals surface area contributed by atoms with Crippen molar-refractivity contribution in [1.82, 2.24) is 5.32 Å². The van der Waals surface area contributed by atoms with E-state index in [1.807, 2.05) is 23.5 Å². The van der Waals surface area contributed by atoms with Crippen LogP contribution in [-0.4, -0.2) is 6.61 Å². The van der Waals surface area contributed by atoms with Crippen LogP contribution in [0.3, 0.4) is 0 Å². The molecule has 0 bridgehead atoms. The SMILES string of the molecule is CCCOc1ccc(Br)cc1CNCc1ccc(CC)s1. The van der Waals surface area contributed by atoms with Gasteiger partial charge in [0.15, 0.2) is 0 Å². The quantitative estimate of drug-likeness (QED) is 0.696. The Kier molecular flexibility index (Phi) is 6.74. The molecule has 0 spiro atoms. The van der Waals surface area contributed by atoms with Crippen LogP contribution in [0.5, 0.6) is 5.75 Å². The van der Waals surface area contributed by atoms with Crippen molar-refractivity contribution in [2.24, 2.45) is 0 Å². The molecule has 2 aromatic rings. The summed E-state index contributed by atoms with van der Waals surface area (Å²) in [4.78, 5) is 2.83. The number of rotatable bonds is 8. The van der Waals surface area contributed by atoms with E-state index in [4.69, 9.17) is 4.74 Å². The lowest BCUT2D eigenvalue weighted by Gasteiger charge is -2.12. The van der Waals surface area contributed by atoms with Crippen LogP contribution in [0, 0.1) is 0 Å². The molecular weight excluding hydrogens is 346 g/mol. The lowest BCUT2D eigenvalue weighted by Crippen LogP contribution is -2.13. The van der Waals surface area contributed by atoms with Gasteiger partial charge in [0, 0.05) is 32.9 Å². The summed E-state index contributed by atoms with van der Waals surface area (Å²) >= 11 is 5.42. The van der Waals surface area contributed by atoms with Crippen LogP contribution in [0.25, 0.3) is 0 Å². The van der Waals surface area contributed by atoms with Gasteiger partial charge in [-0.05, 0) is 43.2 Å².